The van der Waals surface area contributed by atoms with Crippen molar-refractivity contribution in [2.45, 2.75) is 69.8 Å². The highest BCUT2D eigenvalue weighted by Crippen LogP contribution is 2.51. The molecule has 3 saturated heterocycles. The smallest absolute Gasteiger partial charge is 0.333 e. The maximum absolute atomic E-state index is 12.6. The summed E-state index contributed by atoms with van der Waals surface area (Å²) in [6, 6.07) is 2.45. The molecule has 4 unspecified atom stereocenters. The molecule has 3 fully saturated rings. The van der Waals surface area contributed by atoms with Crippen LogP contribution in [0.25, 0.3) is 0 Å². The average Bonchev–Trinajstić information content (AvgIpc) is 3.53. The minimum absolute atomic E-state index is 0.0118. The molecule has 0 bridgehead atoms. The number of nitrogens with one attached hydrogen (secondary N) is 2. The second kappa shape index (κ2) is 15.8. The summed E-state index contributed by atoms with van der Waals surface area (Å²) in [5, 5.41) is 0. The Balaban J connectivity index is 1.36. The lowest BCUT2D eigenvalue weighted by Crippen LogP contribution is -2.38. The van der Waals surface area contributed by atoms with Crippen molar-refractivity contribution in [2.75, 3.05) is 31.8 Å². The zero-order valence-corrected chi connectivity index (χ0v) is 27.9. The fourth-order valence-electron chi connectivity index (χ4n) is 5.50. The maximum atomic E-state index is 12.6. The summed E-state index contributed by atoms with van der Waals surface area (Å²) in [6.45, 7) is 3.64. The number of nitrogens with zero attached hydrogens (tertiary/aromatic N) is 2. The summed E-state index contributed by atoms with van der Waals surface area (Å²) >= 11 is 0. The highest BCUT2D eigenvalue weighted by molar-refractivity contribution is 8.76. The first kappa shape index (κ1) is 33.7. The van der Waals surface area contributed by atoms with Gasteiger partial charge in [-0.3, -0.25) is 28.7 Å². The van der Waals surface area contributed by atoms with Crippen molar-refractivity contribution in [1.29, 1.82) is 0 Å². The van der Waals surface area contributed by atoms with Gasteiger partial charge in [-0.1, -0.05) is 41.4 Å². The van der Waals surface area contributed by atoms with E-state index in [0.717, 1.165) is 0 Å². The van der Waals surface area contributed by atoms with Crippen molar-refractivity contribution in [3.8, 4) is 12.3 Å². The Hall–Kier alpha value is -2.23. The third-order valence-corrected chi connectivity index (χ3v) is 11.6. The average molecular weight is 702 g/mol. The molecule has 2 aromatic rings. The van der Waals surface area contributed by atoms with E-state index in [1.54, 1.807) is 21.6 Å². The van der Waals surface area contributed by atoms with Crippen molar-refractivity contribution < 1.29 is 33.9 Å². The molecule has 5 heterocycles. The van der Waals surface area contributed by atoms with Gasteiger partial charge in [0.1, 0.15) is 25.0 Å². The van der Waals surface area contributed by atoms with Crippen molar-refractivity contribution in [2.24, 2.45) is 11.8 Å². The van der Waals surface area contributed by atoms with Crippen LogP contribution in [-0.4, -0.2) is 87.6 Å². The van der Waals surface area contributed by atoms with E-state index in [1.165, 1.54) is 40.8 Å². The third kappa shape index (κ3) is 7.90. The summed E-state index contributed by atoms with van der Waals surface area (Å²) < 4.78 is 53.8. The van der Waals surface area contributed by atoms with Crippen LogP contribution >= 0.6 is 30.2 Å². The molecule has 46 heavy (non-hydrogen) atoms. The zero-order chi connectivity index (χ0) is 33.7. The summed E-state index contributed by atoms with van der Waals surface area (Å²) in [5.41, 5.74) is -2.34. The lowest BCUT2D eigenvalue weighted by molar-refractivity contribution is -0.0650. The van der Waals surface area contributed by atoms with Crippen LogP contribution in [0.3, 0.4) is 0 Å². The number of aromatic nitrogens is 4. The van der Waals surface area contributed by atoms with Crippen molar-refractivity contribution >= 4 is 30.2 Å². The second-order valence-corrected chi connectivity index (χ2v) is 14.6. The van der Waals surface area contributed by atoms with Crippen LogP contribution in [0.15, 0.2) is 43.7 Å². The van der Waals surface area contributed by atoms with Gasteiger partial charge in [0.15, 0.2) is 6.23 Å². The highest BCUT2D eigenvalue weighted by Gasteiger charge is 2.47. The first-order valence-electron chi connectivity index (χ1n) is 15.2. The topological polar surface area (TPSA) is 174 Å². The lowest BCUT2D eigenvalue weighted by Gasteiger charge is -2.33. The summed E-state index contributed by atoms with van der Waals surface area (Å²) in [5.74, 6) is 2.98. The summed E-state index contributed by atoms with van der Waals surface area (Å²) in [7, 11) is 2.64. The van der Waals surface area contributed by atoms with E-state index < -0.39 is 80.0 Å². The Bertz CT molecular complexity index is 1630. The lowest BCUT2D eigenvalue weighted by atomic mass is 10.0. The number of hydrogen-bond acceptors (Lipinski definition) is 13. The number of rotatable bonds is 12. The number of ether oxygens (including phenoxy) is 4. The van der Waals surface area contributed by atoms with Gasteiger partial charge in [0.2, 0.25) is 0 Å². The van der Waals surface area contributed by atoms with E-state index in [0.29, 0.717) is 11.5 Å². The Morgan fingerprint density at radius 1 is 0.978 bits per heavy atom. The van der Waals surface area contributed by atoms with Crippen LogP contribution in [0.1, 0.15) is 34.6 Å². The molecule has 0 saturated carbocycles. The van der Waals surface area contributed by atoms with Crippen LogP contribution in [0.5, 0.6) is 0 Å². The fraction of sp³-hybridized carbons (Fsp3) is 0.643. The van der Waals surface area contributed by atoms with Gasteiger partial charge in [-0.15, -0.1) is 6.42 Å². The van der Waals surface area contributed by atoms with E-state index in [1.807, 2.05) is 13.8 Å². The van der Waals surface area contributed by atoms with E-state index in [2.05, 4.69) is 15.9 Å². The van der Waals surface area contributed by atoms with Gasteiger partial charge < -0.3 is 32.5 Å². The van der Waals surface area contributed by atoms with Crippen molar-refractivity contribution in [1.82, 2.24) is 19.1 Å². The fourth-order valence-corrected chi connectivity index (χ4v) is 9.44. The van der Waals surface area contributed by atoms with Gasteiger partial charge in [0, 0.05) is 56.3 Å². The molecule has 2 N–H and O–H groups in total. The van der Waals surface area contributed by atoms with Crippen LogP contribution in [0.2, 0.25) is 0 Å². The minimum Gasteiger partial charge on any atom is -0.376 e. The maximum Gasteiger partial charge on any atom is 0.333 e. The Labute approximate surface area is 274 Å². The van der Waals surface area contributed by atoms with Crippen LogP contribution < -0.4 is 22.5 Å². The molecular formula is C28H37N4O11PS2. The standard InChI is InChI=1S/C28H37N4O11PS2/c1-6-11-38-19-13-45-46-14-20(19)42-44(43-23-16(3)25(40-17(23)4)31-9-7-21(33)29-27(31)35)39-12-18-15(2)24(37-5)26(41-18)32-10-8-22(34)30-28(32)36/h1,7-10,15-20,23-26H,11-14H2,2-5H3,(H,29,33,35)(H,30,34,36)/t15?,16-,17+,18+,19+,20?,23?,24-,25+,26+,44?/m0/s1/i4D. The summed E-state index contributed by atoms with van der Waals surface area (Å²) in [6.07, 6.45) is 3.15. The molecule has 15 nitrogen and oxygen atoms in total. The molecule has 252 valence electrons. The van der Waals surface area contributed by atoms with Gasteiger partial charge >= 0.3 is 20.0 Å². The quantitative estimate of drug-likeness (QED) is 0.186. The molecule has 5 rings (SSSR count). The molecule has 11 atom stereocenters. The van der Waals surface area contributed by atoms with E-state index in [-0.39, 0.29) is 32.1 Å². The first-order chi connectivity index (χ1) is 22.6. The Kier molecular flexibility index (Phi) is 11.5. The van der Waals surface area contributed by atoms with Gasteiger partial charge in [-0.25, -0.2) is 9.59 Å². The minimum atomic E-state index is -2.13. The number of hydrogen-bond donors (Lipinski definition) is 2. The molecule has 3 aliphatic rings. The molecule has 2 aromatic heterocycles. The third-order valence-electron chi connectivity index (χ3n) is 7.99. The van der Waals surface area contributed by atoms with Crippen LogP contribution in [0.4, 0.5) is 0 Å². The van der Waals surface area contributed by atoms with Crippen molar-refractivity contribution in [3.63, 3.8) is 0 Å². The molecule has 0 aromatic carbocycles. The molecular weight excluding hydrogens is 663 g/mol. The molecule has 0 spiro atoms. The van der Waals surface area contributed by atoms with Crippen molar-refractivity contribution in [3.05, 3.63) is 66.2 Å². The first-order valence-corrected chi connectivity index (χ1v) is 18.1. The molecule has 0 aliphatic carbocycles. The number of methoxy groups -OCH3 is 1. The Morgan fingerprint density at radius 3 is 2.24 bits per heavy atom. The molecule has 0 amide bonds. The predicted octanol–water partition coefficient (Wildman–Crippen LogP) is 1.62. The van der Waals surface area contributed by atoms with Gasteiger partial charge in [-0.2, -0.15) is 0 Å². The summed E-state index contributed by atoms with van der Waals surface area (Å²) in [4.78, 5) is 52.9. The van der Waals surface area contributed by atoms with Crippen LogP contribution in [-0.2, 0) is 32.5 Å². The van der Waals surface area contributed by atoms with E-state index in [9.17, 15) is 19.2 Å². The monoisotopic (exact) mass is 701 g/mol. The number of terminal acetylenes is 1. The zero-order valence-electron chi connectivity index (χ0n) is 26.3. The van der Waals surface area contributed by atoms with Gasteiger partial charge in [0.25, 0.3) is 11.1 Å². The highest BCUT2D eigenvalue weighted by atomic mass is 33.1. The normalized spacial score (nSPS) is 33.8. The van der Waals surface area contributed by atoms with Gasteiger partial charge in [0.05, 0.1) is 31.0 Å². The SMILES string of the molecule is [2H]C[C@H]1O[C@@H](n2ccc(=O)[nH]c2=O)[C@@H](C)C1OP(OC[C@H]1O[C@@H](n2ccc(=O)[nH]c2=O)[C@@H](OC)C1C)OC1CSSC[C@H]1OCC#C. The molecule has 3 aliphatic heterocycles. The van der Waals surface area contributed by atoms with E-state index >= 15 is 0 Å². The number of H-pyrrole nitrogens is 2. The van der Waals surface area contributed by atoms with E-state index in [4.69, 9.17) is 40.3 Å². The van der Waals surface area contributed by atoms with Crippen LogP contribution in [0, 0.1) is 24.2 Å². The Morgan fingerprint density at radius 2 is 1.63 bits per heavy atom. The number of aromatic amines is 2. The molecule has 18 heteroatoms. The van der Waals surface area contributed by atoms with Gasteiger partial charge in [-0.05, 0) is 6.90 Å². The molecule has 0 radical (unpaired) electrons. The largest absolute Gasteiger partial charge is 0.376 e. The second-order valence-electron chi connectivity index (χ2n) is 10.9. The predicted molar refractivity (Wildman–Crippen MR) is 171 cm³/mol.